The van der Waals surface area contributed by atoms with Crippen molar-refractivity contribution in [2.24, 2.45) is 0 Å². The number of nitrogen functional groups attached to an aromatic ring is 1. The number of nitrogens with two attached hydrogens (primary N) is 1. The fourth-order valence-electron chi connectivity index (χ4n) is 1.71. The lowest BCUT2D eigenvalue weighted by Gasteiger charge is -2.10. The molecule has 0 aromatic heterocycles. The van der Waals surface area contributed by atoms with E-state index in [-0.39, 0.29) is 5.69 Å². The van der Waals surface area contributed by atoms with E-state index in [1.54, 1.807) is 6.07 Å². The number of rotatable bonds is 3. The summed E-state index contributed by atoms with van der Waals surface area (Å²) in [7, 11) is 0. The Morgan fingerprint density at radius 1 is 1.11 bits per heavy atom. The average molecular weight is 245 g/mol. The molecule has 0 radical (unpaired) electrons. The first-order valence-corrected chi connectivity index (χ1v) is 5.80. The Morgan fingerprint density at radius 2 is 1.89 bits per heavy atom. The first-order valence-electron chi connectivity index (χ1n) is 5.80. The summed E-state index contributed by atoms with van der Waals surface area (Å²) in [6.07, 6.45) is 0. The molecule has 0 unspecified atom stereocenters. The van der Waals surface area contributed by atoms with E-state index < -0.39 is 5.82 Å². The summed E-state index contributed by atoms with van der Waals surface area (Å²) < 4.78 is 18.8. The molecule has 0 aliphatic heterocycles. The van der Waals surface area contributed by atoms with Crippen molar-refractivity contribution in [3.8, 4) is 5.75 Å². The van der Waals surface area contributed by atoms with Crippen LogP contribution in [-0.2, 0) is 6.61 Å². The fraction of sp³-hybridized carbons (Fsp3) is 0.200. The van der Waals surface area contributed by atoms with Crippen LogP contribution in [0.5, 0.6) is 5.75 Å². The highest BCUT2D eigenvalue weighted by atomic mass is 19.1. The number of benzene rings is 2. The molecule has 0 spiro atoms. The monoisotopic (exact) mass is 245 g/mol. The van der Waals surface area contributed by atoms with Crippen molar-refractivity contribution in [3.63, 3.8) is 0 Å². The van der Waals surface area contributed by atoms with Gasteiger partial charge in [0.25, 0.3) is 0 Å². The van der Waals surface area contributed by atoms with Crippen molar-refractivity contribution >= 4 is 5.69 Å². The van der Waals surface area contributed by atoms with Gasteiger partial charge in [0.2, 0.25) is 0 Å². The van der Waals surface area contributed by atoms with Gasteiger partial charge in [0.05, 0.1) is 5.69 Å². The van der Waals surface area contributed by atoms with Crippen LogP contribution in [-0.4, -0.2) is 0 Å². The summed E-state index contributed by atoms with van der Waals surface area (Å²) in [5.74, 6) is 0.0380. The third-order valence-electron chi connectivity index (χ3n) is 2.87. The predicted octanol–water partition coefficient (Wildman–Crippen LogP) is 3.60. The topological polar surface area (TPSA) is 35.2 Å². The van der Waals surface area contributed by atoms with Crippen molar-refractivity contribution < 1.29 is 9.13 Å². The zero-order valence-corrected chi connectivity index (χ0v) is 10.5. The largest absolute Gasteiger partial charge is 0.489 e. The van der Waals surface area contributed by atoms with E-state index in [1.165, 1.54) is 17.7 Å². The van der Waals surface area contributed by atoms with Gasteiger partial charge >= 0.3 is 0 Å². The Hall–Kier alpha value is -2.03. The smallest absolute Gasteiger partial charge is 0.149 e. The number of anilines is 1. The molecule has 0 bridgehead atoms. The molecule has 2 aromatic rings. The van der Waals surface area contributed by atoms with Gasteiger partial charge < -0.3 is 10.5 Å². The molecule has 2 N–H and O–H groups in total. The standard InChI is InChI=1S/C15H16FNO/c1-10-3-4-11(2)12(7-10)9-18-13-5-6-15(17)14(16)8-13/h3-8H,9,17H2,1-2H3. The molecule has 18 heavy (non-hydrogen) atoms. The minimum Gasteiger partial charge on any atom is -0.489 e. The van der Waals surface area contributed by atoms with Crippen LogP contribution < -0.4 is 10.5 Å². The molecule has 0 saturated carbocycles. The van der Waals surface area contributed by atoms with Crippen LogP contribution in [0.3, 0.4) is 0 Å². The van der Waals surface area contributed by atoms with Crippen LogP contribution in [0.4, 0.5) is 10.1 Å². The van der Waals surface area contributed by atoms with Gasteiger partial charge in [0.1, 0.15) is 18.2 Å². The number of hydrogen-bond donors (Lipinski definition) is 1. The second kappa shape index (κ2) is 5.08. The Balaban J connectivity index is 2.11. The Morgan fingerprint density at radius 3 is 2.61 bits per heavy atom. The SMILES string of the molecule is Cc1ccc(C)c(COc2ccc(N)c(F)c2)c1. The lowest BCUT2D eigenvalue weighted by atomic mass is 10.1. The zero-order valence-electron chi connectivity index (χ0n) is 10.5. The molecule has 0 aliphatic carbocycles. The van der Waals surface area contributed by atoms with Gasteiger partial charge in [-0.05, 0) is 37.1 Å². The molecule has 2 aromatic carbocycles. The van der Waals surface area contributed by atoms with Gasteiger partial charge in [-0.3, -0.25) is 0 Å². The molecule has 94 valence electrons. The van der Waals surface area contributed by atoms with Gasteiger partial charge in [-0.15, -0.1) is 0 Å². The molecule has 2 nitrogen and oxygen atoms in total. The van der Waals surface area contributed by atoms with Gasteiger partial charge in [0, 0.05) is 6.07 Å². The molecular formula is C15H16FNO. The van der Waals surface area contributed by atoms with Crippen molar-refractivity contribution in [1.29, 1.82) is 0 Å². The normalized spacial score (nSPS) is 10.4. The minimum absolute atomic E-state index is 0.133. The second-order valence-electron chi connectivity index (χ2n) is 4.40. The summed E-state index contributed by atoms with van der Waals surface area (Å²) in [5, 5.41) is 0. The third kappa shape index (κ3) is 2.80. The Labute approximate surface area is 106 Å². The summed E-state index contributed by atoms with van der Waals surface area (Å²) in [4.78, 5) is 0. The van der Waals surface area contributed by atoms with Crippen LogP contribution in [0.25, 0.3) is 0 Å². The molecule has 0 amide bonds. The van der Waals surface area contributed by atoms with Crippen molar-refractivity contribution in [2.75, 3.05) is 5.73 Å². The Bertz CT molecular complexity index is 566. The molecule has 0 saturated heterocycles. The molecule has 2 rings (SSSR count). The van der Waals surface area contributed by atoms with Gasteiger partial charge in [0.15, 0.2) is 0 Å². The summed E-state index contributed by atoms with van der Waals surface area (Å²) >= 11 is 0. The van der Waals surface area contributed by atoms with Crippen LogP contribution in [0.1, 0.15) is 16.7 Å². The first-order chi connectivity index (χ1) is 8.56. The summed E-state index contributed by atoms with van der Waals surface area (Å²) in [6.45, 7) is 4.49. The zero-order chi connectivity index (χ0) is 13.1. The van der Waals surface area contributed by atoms with E-state index >= 15 is 0 Å². The number of aryl methyl sites for hydroxylation is 2. The van der Waals surface area contributed by atoms with E-state index in [2.05, 4.69) is 18.2 Å². The van der Waals surface area contributed by atoms with Crippen LogP contribution in [0.2, 0.25) is 0 Å². The lowest BCUT2D eigenvalue weighted by molar-refractivity contribution is 0.304. The van der Waals surface area contributed by atoms with Gasteiger partial charge in [-0.2, -0.15) is 0 Å². The lowest BCUT2D eigenvalue weighted by Crippen LogP contribution is -1.99. The van der Waals surface area contributed by atoms with Crippen molar-refractivity contribution in [1.82, 2.24) is 0 Å². The maximum absolute atomic E-state index is 13.2. The summed E-state index contributed by atoms with van der Waals surface area (Å²) in [6, 6.07) is 10.7. The van der Waals surface area contributed by atoms with Crippen LogP contribution in [0.15, 0.2) is 36.4 Å². The van der Waals surface area contributed by atoms with Crippen LogP contribution >= 0.6 is 0 Å². The average Bonchev–Trinajstić information content (AvgIpc) is 2.34. The predicted molar refractivity (Wildman–Crippen MR) is 71.1 cm³/mol. The molecule has 0 heterocycles. The minimum atomic E-state index is -0.450. The van der Waals surface area contributed by atoms with Crippen LogP contribution in [0, 0.1) is 19.7 Å². The molecular weight excluding hydrogens is 229 g/mol. The molecule has 0 fully saturated rings. The number of hydrogen-bond acceptors (Lipinski definition) is 2. The maximum Gasteiger partial charge on any atom is 0.149 e. The van der Waals surface area contributed by atoms with Gasteiger partial charge in [-0.1, -0.05) is 23.8 Å². The maximum atomic E-state index is 13.2. The first kappa shape index (κ1) is 12.4. The second-order valence-corrected chi connectivity index (χ2v) is 4.40. The highest BCUT2D eigenvalue weighted by Gasteiger charge is 2.03. The summed E-state index contributed by atoms with van der Waals surface area (Å²) in [5.41, 5.74) is 8.99. The highest BCUT2D eigenvalue weighted by Crippen LogP contribution is 2.20. The van der Waals surface area contributed by atoms with E-state index in [4.69, 9.17) is 10.5 Å². The third-order valence-corrected chi connectivity index (χ3v) is 2.87. The van der Waals surface area contributed by atoms with E-state index in [9.17, 15) is 4.39 Å². The van der Waals surface area contributed by atoms with Crippen molar-refractivity contribution in [2.45, 2.75) is 20.5 Å². The van der Waals surface area contributed by atoms with Gasteiger partial charge in [-0.25, -0.2) is 4.39 Å². The number of ether oxygens (including phenoxy) is 1. The molecule has 0 aliphatic rings. The quantitative estimate of drug-likeness (QED) is 0.838. The van der Waals surface area contributed by atoms with E-state index in [0.717, 1.165) is 11.1 Å². The number of halogens is 1. The molecule has 0 atom stereocenters. The fourth-order valence-corrected chi connectivity index (χ4v) is 1.71. The molecule has 3 heteroatoms. The Kier molecular flexibility index (Phi) is 3.51. The van der Waals surface area contributed by atoms with Crippen molar-refractivity contribution in [3.05, 3.63) is 58.9 Å². The van der Waals surface area contributed by atoms with E-state index in [0.29, 0.717) is 12.4 Å². The van der Waals surface area contributed by atoms with E-state index in [1.807, 2.05) is 13.8 Å². The highest BCUT2D eigenvalue weighted by molar-refractivity contribution is 5.43.